The fraction of sp³-hybridized carbons (Fsp3) is 0.650. The molecule has 0 bridgehead atoms. The van der Waals surface area contributed by atoms with E-state index in [1.807, 2.05) is 24.3 Å². The molecule has 1 saturated heterocycles. The zero-order valence-electron chi connectivity index (χ0n) is 15.5. The third-order valence-electron chi connectivity index (χ3n) is 5.35. The van der Waals surface area contributed by atoms with E-state index in [-0.39, 0.29) is 11.4 Å². The molecule has 3 N–H and O–H groups in total. The van der Waals surface area contributed by atoms with Crippen LogP contribution >= 0.6 is 0 Å². The molecule has 0 radical (unpaired) electrons. The SMILES string of the molecule is CCC1CCCN(C(C)(C)CNC(=O)CCc2ccccc2N)C1. The van der Waals surface area contributed by atoms with Crippen LogP contribution in [0.5, 0.6) is 0 Å². The molecule has 1 unspecified atom stereocenters. The Kier molecular flexibility index (Phi) is 6.67. The van der Waals surface area contributed by atoms with Crippen LogP contribution < -0.4 is 11.1 Å². The minimum Gasteiger partial charge on any atom is -0.399 e. The second kappa shape index (κ2) is 8.52. The van der Waals surface area contributed by atoms with Gasteiger partial charge in [-0.25, -0.2) is 0 Å². The first-order valence-electron chi connectivity index (χ1n) is 9.27. The molecule has 1 aromatic rings. The number of aryl methyl sites for hydroxylation is 1. The van der Waals surface area contributed by atoms with Crippen LogP contribution in [0, 0.1) is 5.92 Å². The Morgan fingerprint density at radius 2 is 2.12 bits per heavy atom. The first-order valence-corrected chi connectivity index (χ1v) is 9.27. The van der Waals surface area contributed by atoms with Crippen molar-refractivity contribution in [3.8, 4) is 0 Å². The van der Waals surface area contributed by atoms with Gasteiger partial charge in [-0.2, -0.15) is 0 Å². The number of nitrogens with two attached hydrogens (primary N) is 1. The Labute approximate surface area is 146 Å². The van der Waals surface area contributed by atoms with Crippen molar-refractivity contribution < 1.29 is 4.79 Å². The predicted molar refractivity (Wildman–Crippen MR) is 101 cm³/mol. The van der Waals surface area contributed by atoms with Crippen molar-refractivity contribution in [2.75, 3.05) is 25.4 Å². The van der Waals surface area contributed by atoms with Crippen LogP contribution in [0.25, 0.3) is 0 Å². The van der Waals surface area contributed by atoms with Gasteiger partial charge in [0, 0.05) is 30.7 Å². The van der Waals surface area contributed by atoms with E-state index in [0.29, 0.717) is 19.4 Å². The number of hydrogen-bond acceptors (Lipinski definition) is 3. The molecule has 4 heteroatoms. The molecule has 0 aromatic heterocycles. The summed E-state index contributed by atoms with van der Waals surface area (Å²) in [7, 11) is 0. The highest BCUT2D eigenvalue weighted by atomic mass is 16.1. The van der Waals surface area contributed by atoms with Crippen LogP contribution in [0.1, 0.15) is 52.0 Å². The lowest BCUT2D eigenvalue weighted by molar-refractivity contribution is -0.121. The molecule has 1 aromatic carbocycles. The molecule has 1 atom stereocenters. The van der Waals surface area contributed by atoms with Gasteiger partial charge in [-0.3, -0.25) is 9.69 Å². The van der Waals surface area contributed by atoms with E-state index in [0.717, 1.165) is 30.3 Å². The summed E-state index contributed by atoms with van der Waals surface area (Å²) in [5, 5.41) is 3.12. The maximum Gasteiger partial charge on any atom is 0.220 e. The van der Waals surface area contributed by atoms with Crippen LogP contribution in [-0.4, -0.2) is 36.0 Å². The molecule has 4 nitrogen and oxygen atoms in total. The van der Waals surface area contributed by atoms with E-state index in [2.05, 4.69) is 31.0 Å². The van der Waals surface area contributed by atoms with Crippen molar-refractivity contribution in [2.45, 2.75) is 58.4 Å². The molecular formula is C20H33N3O. The number of nitrogens with one attached hydrogen (secondary N) is 1. The molecular weight excluding hydrogens is 298 g/mol. The predicted octanol–water partition coefficient (Wildman–Crippen LogP) is 3.22. The second-order valence-corrected chi connectivity index (χ2v) is 7.65. The topological polar surface area (TPSA) is 58.4 Å². The molecule has 1 fully saturated rings. The molecule has 24 heavy (non-hydrogen) atoms. The summed E-state index contributed by atoms with van der Waals surface area (Å²) in [5.41, 5.74) is 7.76. The van der Waals surface area contributed by atoms with Gasteiger partial charge < -0.3 is 11.1 Å². The van der Waals surface area contributed by atoms with E-state index in [9.17, 15) is 4.79 Å². The first-order chi connectivity index (χ1) is 11.4. The van der Waals surface area contributed by atoms with E-state index >= 15 is 0 Å². The molecule has 1 aliphatic rings. The number of hydrogen-bond donors (Lipinski definition) is 2. The van der Waals surface area contributed by atoms with Crippen LogP contribution in [-0.2, 0) is 11.2 Å². The smallest absolute Gasteiger partial charge is 0.220 e. The zero-order chi connectivity index (χ0) is 17.6. The highest BCUT2D eigenvalue weighted by molar-refractivity contribution is 5.76. The maximum atomic E-state index is 12.2. The number of amides is 1. The average Bonchev–Trinajstić information content (AvgIpc) is 2.59. The van der Waals surface area contributed by atoms with Gasteiger partial charge in [-0.1, -0.05) is 31.5 Å². The minimum absolute atomic E-state index is 0.00920. The van der Waals surface area contributed by atoms with Crippen LogP contribution in [0.3, 0.4) is 0 Å². The van der Waals surface area contributed by atoms with Crippen LogP contribution in [0.2, 0.25) is 0 Å². The summed E-state index contributed by atoms with van der Waals surface area (Å²) in [6.45, 7) is 9.74. The standard InChI is InChI=1S/C20H33N3O/c1-4-16-8-7-13-23(14-16)20(2,3)15-22-19(24)12-11-17-9-5-6-10-18(17)21/h5-6,9-10,16H,4,7-8,11-15,21H2,1-3H3,(H,22,24). The summed E-state index contributed by atoms with van der Waals surface area (Å²) in [6.07, 6.45) is 5.04. The number of anilines is 1. The molecule has 1 amide bonds. The number of carbonyl (C=O) groups is 1. The summed E-state index contributed by atoms with van der Waals surface area (Å²) in [4.78, 5) is 14.7. The number of benzene rings is 1. The molecule has 134 valence electrons. The number of piperidine rings is 1. The number of para-hydroxylation sites is 1. The Morgan fingerprint density at radius 3 is 2.83 bits per heavy atom. The quantitative estimate of drug-likeness (QED) is 0.754. The van der Waals surface area contributed by atoms with E-state index in [1.165, 1.54) is 19.3 Å². The third kappa shape index (κ3) is 5.23. The summed E-state index contributed by atoms with van der Waals surface area (Å²) in [6, 6.07) is 7.76. The van der Waals surface area contributed by atoms with Crippen molar-refractivity contribution in [3.05, 3.63) is 29.8 Å². The Balaban J connectivity index is 1.78. The van der Waals surface area contributed by atoms with Gasteiger partial charge in [0.1, 0.15) is 0 Å². The van der Waals surface area contributed by atoms with Crippen molar-refractivity contribution in [3.63, 3.8) is 0 Å². The van der Waals surface area contributed by atoms with Crippen molar-refractivity contribution in [1.82, 2.24) is 10.2 Å². The number of likely N-dealkylation sites (tertiary alicyclic amines) is 1. The van der Waals surface area contributed by atoms with Crippen LogP contribution in [0.15, 0.2) is 24.3 Å². The molecule has 0 aliphatic carbocycles. The van der Waals surface area contributed by atoms with E-state index < -0.39 is 0 Å². The van der Waals surface area contributed by atoms with Gasteiger partial charge >= 0.3 is 0 Å². The molecule has 0 saturated carbocycles. The number of rotatable bonds is 7. The van der Waals surface area contributed by atoms with E-state index in [1.54, 1.807) is 0 Å². The first kappa shape index (κ1) is 18.8. The summed E-state index contributed by atoms with van der Waals surface area (Å²) >= 11 is 0. The monoisotopic (exact) mass is 331 g/mol. The zero-order valence-corrected chi connectivity index (χ0v) is 15.5. The van der Waals surface area contributed by atoms with Gasteiger partial charge in [0.15, 0.2) is 0 Å². The highest BCUT2D eigenvalue weighted by Crippen LogP contribution is 2.25. The van der Waals surface area contributed by atoms with Crippen molar-refractivity contribution >= 4 is 11.6 Å². The summed E-state index contributed by atoms with van der Waals surface area (Å²) < 4.78 is 0. The van der Waals surface area contributed by atoms with Gasteiger partial charge in [-0.05, 0) is 57.2 Å². The lowest BCUT2D eigenvalue weighted by Crippen LogP contribution is -2.54. The Morgan fingerprint density at radius 1 is 1.38 bits per heavy atom. The number of nitrogen functional groups attached to an aromatic ring is 1. The lowest BCUT2D eigenvalue weighted by atomic mass is 9.91. The summed E-state index contributed by atoms with van der Waals surface area (Å²) in [5.74, 6) is 0.908. The van der Waals surface area contributed by atoms with Gasteiger partial charge in [0.05, 0.1) is 0 Å². The number of carbonyl (C=O) groups excluding carboxylic acids is 1. The number of nitrogens with zero attached hydrogens (tertiary/aromatic N) is 1. The normalized spacial score (nSPS) is 19.2. The van der Waals surface area contributed by atoms with Crippen molar-refractivity contribution in [2.24, 2.45) is 5.92 Å². The Hall–Kier alpha value is -1.55. The van der Waals surface area contributed by atoms with Gasteiger partial charge in [-0.15, -0.1) is 0 Å². The van der Waals surface area contributed by atoms with Crippen molar-refractivity contribution in [1.29, 1.82) is 0 Å². The Bertz CT molecular complexity index is 541. The fourth-order valence-electron chi connectivity index (χ4n) is 3.47. The highest BCUT2D eigenvalue weighted by Gasteiger charge is 2.31. The van der Waals surface area contributed by atoms with Crippen LogP contribution in [0.4, 0.5) is 5.69 Å². The fourth-order valence-corrected chi connectivity index (χ4v) is 3.47. The minimum atomic E-state index is 0.00920. The molecule has 2 rings (SSSR count). The maximum absolute atomic E-state index is 12.2. The molecule has 1 heterocycles. The second-order valence-electron chi connectivity index (χ2n) is 7.65. The molecule has 1 aliphatic heterocycles. The average molecular weight is 332 g/mol. The lowest BCUT2D eigenvalue weighted by Gasteiger charge is -2.43. The van der Waals surface area contributed by atoms with E-state index in [4.69, 9.17) is 5.73 Å². The van der Waals surface area contributed by atoms with Gasteiger partial charge in [0.2, 0.25) is 5.91 Å². The molecule has 0 spiro atoms. The van der Waals surface area contributed by atoms with Gasteiger partial charge in [0.25, 0.3) is 0 Å². The largest absolute Gasteiger partial charge is 0.399 e. The third-order valence-corrected chi connectivity index (χ3v) is 5.35.